The molecule has 0 aromatic heterocycles. The van der Waals surface area contributed by atoms with Crippen molar-refractivity contribution in [2.75, 3.05) is 12.3 Å². The minimum atomic E-state index is -4.03. The van der Waals surface area contributed by atoms with E-state index in [1.165, 1.54) is 12.1 Å². The lowest BCUT2D eigenvalue weighted by molar-refractivity contribution is -0.138. The predicted octanol–water partition coefficient (Wildman–Crippen LogP) is 3.31. The molecule has 0 heterocycles. The van der Waals surface area contributed by atoms with Crippen LogP contribution in [0.1, 0.15) is 12.5 Å². The average Bonchev–Trinajstić information content (AvgIpc) is 2.74. The van der Waals surface area contributed by atoms with E-state index >= 15 is 0 Å². The third-order valence-corrected chi connectivity index (χ3v) is 6.14. The largest absolute Gasteiger partial charge is 0.494 e. The molecule has 0 radical (unpaired) electrons. The maximum atomic E-state index is 12.8. The third kappa shape index (κ3) is 5.84. The van der Waals surface area contributed by atoms with Crippen molar-refractivity contribution in [3.05, 3.63) is 78.4 Å². The van der Waals surface area contributed by atoms with Crippen LogP contribution in [0.5, 0.6) is 5.75 Å². The lowest BCUT2D eigenvalue weighted by atomic mass is 10.1. The summed E-state index contributed by atoms with van der Waals surface area (Å²) in [4.78, 5) is 11.7. The molecule has 31 heavy (non-hydrogen) atoms. The molecular weight excluding hydrogens is 416 g/mol. The van der Waals surface area contributed by atoms with Crippen LogP contribution in [0.4, 0.5) is 5.69 Å². The second-order valence-electron chi connectivity index (χ2n) is 6.94. The zero-order valence-corrected chi connectivity index (χ0v) is 17.8. The molecule has 0 spiro atoms. The number of benzene rings is 3. The molecule has 4 N–H and O–H groups in total. The highest BCUT2D eigenvalue weighted by Gasteiger charge is 2.26. The first-order chi connectivity index (χ1) is 14.8. The molecular formula is C23H24N2O5S. The standard InChI is InChI=1S/C23H24N2O5S/c1-2-30-20-5-3-4-16(14-20)15-22(23(26)27)25-31(28,29)21-12-8-18(9-13-21)17-6-10-19(24)11-7-17/h3-14,22,25H,2,15,24H2,1H3,(H,26,27)/t22-/m0/s1. The van der Waals surface area contributed by atoms with Gasteiger partial charge in [0, 0.05) is 5.69 Å². The van der Waals surface area contributed by atoms with Gasteiger partial charge in [0.25, 0.3) is 0 Å². The number of ether oxygens (including phenoxy) is 1. The number of carboxylic acid groups (broad SMARTS) is 1. The number of anilines is 1. The molecule has 3 aromatic carbocycles. The molecule has 0 saturated heterocycles. The molecule has 0 fully saturated rings. The van der Waals surface area contributed by atoms with Gasteiger partial charge in [0.2, 0.25) is 10.0 Å². The summed E-state index contributed by atoms with van der Waals surface area (Å²) in [5.74, 6) is -0.658. The fourth-order valence-electron chi connectivity index (χ4n) is 3.10. The molecule has 0 unspecified atom stereocenters. The van der Waals surface area contributed by atoms with Crippen LogP contribution in [0.25, 0.3) is 11.1 Å². The van der Waals surface area contributed by atoms with Gasteiger partial charge in [-0.15, -0.1) is 0 Å². The maximum Gasteiger partial charge on any atom is 0.322 e. The zero-order chi connectivity index (χ0) is 22.4. The Kier molecular flexibility index (Phi) is 6.94. The first-order valence-electron chi connectivity index (χ1n) is 9.71. The lowest BCUT2D eigenvalue weighted by Crippen LogP contribution is -2.42. The Labute approximate surface area is 181 Å². The monoisotopic (exact) mass is 440 g/mol. The molecule has 0 aliphatic carbocycles. The van der Waals surface area contributed by atoms with Gasteiger partial charge < -0.3 is 15.6 Å². The molecule has 7 nitrogen and oxygen atoms in total. The van der Waals surface area contributed by atoms with Crippen LogP contribution >= 0.6 is 0 Å². The number of hydrogen-bond donors (Lipinski definition) is 3. The van der Waals surface area contributed by atoms with E-state index in [0.717, 1.165) is 11.1 Å². The zero-order valence-electron chi connectivity index (χ0n) is 17.0. The van der Waals surface area contributed by atoms with Crippen molar-refractivity contribution in [3.63, 3.8) is 0 Å². The Morgan fingerprint density at radius 2 is 1.65 bits per heavy atom. The minimum Gasteiger partial charge on any atom is -0.494 e. The highest BCUT2D eigenvalue weighted by atomic mass is 32.2. The van der Waals surface area contributed by atoms with Gasteiger partial charge in [-0.1, -0.05) is 36.4 Å². The summed E-state index contributed by atoms with van der Waals surface area (Å²) in [7, 11) is -4.03. The van der Waals surface area contributed by atoms with Gasteiger partial charge in [-0.2, -0.15) is 4.72 Å². The normalized spacial score (nSPS) is 12.3. The first-order valence-corrected chi connectivity index (χ1v) is 11.2. The summed E-state index contributed by atoms with van der Waals surface area (Å²) in [6, 6.07) is 19.1. The smallest absolute Gasteiger partial charge is 0.322 e. The topological polar surface area (TPSA) is 119 Å². The Hall–Kier alpha value is -3.36. The summed E-state index contributed by atoms with van der Waals surface area (Å²) < 4.78 is 33.3. The number of aliphatic carboxylic acids is 1. The van der Waals surface area contributed by atoms with Crippen molar-refractivity contribution in [2.24, 2.45) is 0 Å². The second kappa shape index (κ2) is 9.63. The summed E-state index contributed by atoms with van der Waals surface area (Å²) in [6.45, 7) is 2.32. The van der Waals surface area contributed by atoms with E-state index in [1.54, 1.807) is 48.5 Å². The van der Waals surface area contributed by atoms with Crippen molar-refractivity contribution >= 4 is 21.7 Å². The molecule has 0 aliphatic heterocycles. The summed E-state index contributed by atoms with van der Waals surface area (Å²) in [5.41, 5.74) is 8.70. The van der Waals surface area contributed by atoms with Gasteiger partial charge in [0.1, 0.15) is 11.8 Å². The Morgan fingerprint density at radius 3 is 2.23 bits per heavy atom. The van der Waals surface area contributed by atoms with E-state index in [-0.39, 0.29) is 11.3 Å². The van der Waals surface area contributed by atoms with E-state index in [2.05, 4.69) is 4.72 Å². The molecule has 1 atom stereocenters. The van der Waals surface area contributed by atoms with Crippen molar-refractivity contribution in [3.8, 4) is 16.9 Å². The fraction of sp³-hybridized carbons (Fsp3) is 0.174. The molecule has 3 aromatic rings. The maximum absolute atomic E-state index is 12.8. The SMILES string of the molecule is CCOc1cccc(C[C@H](NS(=O)(=O)c2ccc(-c3ccc(N)cc3)cc2)C(=O)O)c1. The minimum absolute atomic E-state index is 0.0130. The molecule has 0 saturated carbocycles. The van der Waals surface area contributed by atoms with Crippen LogP contribution in [0.3, 0.4) is 0 Å². The van der Waals surface area contributed by atoms with Crippen molar-refractivity contribution < 1.29 is 23.1 Å². The number of nitrogens with two attached hydrogens (primary N) is 1. The molecule has 162 valence electrons. The van der Waals surface area contributed by atoms with Gasteiger partial charge in [-0.3, -0.25) is 4.79 Å². The van der Waals surface area contributed by atoms with E-state index in [0.29, 0.717) is 23.6 Å². The van der Waals surface area contributed by atoms with Gasteiger partial charge in [0.05, 0.1) is 11.5 Å². The average molecular weight is 441 g/mol. The van der Waals surface area contributed by atoms with Crippen molar-refractivity contribution in [1.29, 1.82) is 0 Å². The number of nitrogens with one attached hydrogen (secondary N) is 1. The Balaban J connectivity index is 1.77. The van der Waals surface area contributed by atoms with E-state index in [4.69, 9.17) is 10.5 Å². The van der Waals surface area contributed by atoms with Gasteiger partial charge in [0.15, 0.2) is 0 Å². The highest BCUT2D eigenvalue weighted by Crippen LogP contribution is 2.23. The first kappa shape index (κ1) is 22.3. The number of hydrogen-bond acceptors (Lipinski definition) is 5. The van der Waals surface area contributed by atoms with Crippen molar-refractivity contribution in [2.45, 2.75) is 24.3 Å². The number of rotatable bonds is 9. The van der Waals surface area contributed by atoms with E-state index in [1.807, 2.05) is 19.1 Å². The van der Waals surface area contributed by atoms with Gasteiger partial charge in [-0.25, -0.2) is 8.42 Å². The fourth-order valence-corrected chi connectivity index (χ4v) is 4.29. The number of sulfonamides is 1. The quantitative estimate of drug-likeness (QED) is 0.439. The lowest BCUT2D eigenvalue weighted by Gasteiger charge is -2.16. The van der Waals surface area contributed by atoms with Crippen LogP contribution in [0, 0.1) is 0 Å². The summed E-state index contributed by atoms with van der Waals surface area (Å²) in [5, 5.41) is 9.56. The van der Waals surface area contributed by atoms with E-state index in [9.17, 15) is 18.3 Å². The summed E-state index contributed by atoms with van der Waals surface area (Å²) in [6.07, 6.45) is -0.0149. The van der Waals surface area contributed by atoms with Crippen LogP contribution in [-0.2, 0) is 21.2 Å². The van der Waals surface area contributed by atoms with Crippen molar-refractivity contribution in [1.82, 2.24) is 4.72 Å². The molecule has 0 aliphatic rings. The number of nitrogen functional groups attached to an aromatic ring is 1. The van der Waals surface area contributed by atoms with Gasteiger partial charge in [-0.05, 0) is 66.4 Å². The highest BCUT2D eigenvalue weighted by molar-refractivity contribution is 7.89. The van der Waals surface area contributed by atoms with Crippen LogP contribution < -0.4 is 15.2 Å². The van der Waals surface area contributed by atoms with Crippen LogP contribution in [0.2, 0.25) is 0 Å². The molecule has 8 heteroatoms. The summed E-state index contributed by atoms with van der Waals surface area (Å²) >= 11 is 0. The van der Waals surface area contributed by atoms with Crippen LogP contribution in [0.15, 0.2) is 77.7 Å². The molecule has 0 bridgehead atoms. The third-order valence-electron chi connectivity index (χ3n) is 4.65. The Morgan fingerprint density at radius 1 is 1.03 bits per heavy atom. The Bertz CT molecular complexity index is 1140. The van der Waals surface area contributed by atoms with Crippen LogP contribution in [-0.4, -0.2) is 32.1 Å². The molecule has 3 rings (SSSR count). The molecule has 0 amide bonds. The predicted molar refractivity (Wildman–Crippen MR) is 119 cm³/mol. The number of carboxylic acids is 1. The van der Waals surface area contributed by atoms with Gasteiger partial charge >= 0.3 is 5.97 Å². The number of carbonyl (C=O) groups is 1. The second-order valence-corrected chi connectivity index (χ2v) is 8.66. The van der Waals surface area contributed by atoms with E-state index < -0.39 is 22.0 Å².